The van der Waals surface area contributed by atoms with E-state index in [1.165, 1.54) is 19.3 Å². The van der Waals surface area contributed by atoms with E-state index in [1.807, 2.05) is 19.4 Å². The summed E-state index contributed by atoms with van der Waals surface area (Å²) < 4.78 is 7.64. The van der Waals surface area contributed by atoms with Gasteiger partial charge in [0.1, 0.15) is 0 Å². The zero-order valence-corrected chi connectivity index (χ0v) is 12.6. The van der Waals surface area contributed by atoms with Crippen LogP contribution in [0.4, 0.5) is 0 Å². The highest BCUT2D eigenvalue weighted by molar-refractivity contribution is 5.02. The summed E-state index contributed by atoms with van der Waals surface area (Å²) in [4.78, 5) is 0. The molecule has 1 aromatic rings. The van der Waals surface area contributed by atoms with E-state index < -0.39 is 6.10 Å². The van der Waals surface area contributed by atoms with Gasteiger partial charge in [0.2, 0.25) is 0 Å². The van der Waals surface area contributed by atoms with Crippen LogP contribution < -0.4 is 5.32 Å². The van der Waals surface area contributed by atoms with Gasteiger partial charge in [-0.05, 0) is 18.8 Å². The van der Waals surface area contributed by atoms with Gasteiger partial charge in [0.15, 0.2) is 0 Å². The van der Waals surface area contributed by atoms with E-state index in [-0.39, 0.29) is 0 Å². The summed E-state index contributed by atoms with van der Waals surface area (Å²) >= 11 is 0. The number of ether oxygens (including phenoxy) is 1. The molecule has 5 heteroatoms. The summed E-state index contributed by atoms with van der Waals surface area (Å²) in [6.45, 7) is 3.95. The van der Waals surface area contributed by atoms with Gasteiger partial charge in [-0.15, -0.1) is 0 Å². The molecule has 3 unspecified atom stereocenters. The van der Waals surface area contributed by atoms with Gasteiger partial charge in [-0.3, -0.25) is 4.68 Å². The summed E-state index contributed by atoms with van der Waals surface area (Å²) in [5, 5.41) is 17.3. The molecule has 0 amide bonds. The van der Waals surface area contributed by atoms with Crippen LogP contribution in [-0.4, -0.2) is 40.2 Å². The molecule has 0 radical (unpaired) electrons. The van der Waals surface area contributed by atoms with E-state index in [9.17, 15) is 5.11 Å². The van der Waals surface area contributed by atoms with E-state index in [4.69, 9.17) is 4.74 Å². The third kappa shape index (κ3) is 4.89. The maximum absolute atomic E-state index is 9.94. The second-order valence-corrected chi connectivity index (χ2v) is 5.94. The van der Waals surface area contributed by atoms with Crippen molar-refractivity contribution in [2.45, 2.75) is 51.4 Å². The highest BCUT2D eigenvalue weighted by atomic mass is 16.5. The monoisotopic (exact) mass is 281 g/mol. The molecule has 114 valence electrons. The van der Waals surface area contributed by atoms with Crippen molar-refractivity contribution in [1.82, 2.24) is 15.1 Å². The molecule has 2 N–H and O–H groups in total. The van der Waals surface area contributed by atoms with Crippen LogP contribution in [0.5, 0.6) is 0 Å². The molecule has 0 saturated heterocycles. The molecule has 1 saturated carbocycles. The van der Waals surface area contributed by atoms with Crippen LogP contribution in [0.1, 0.15) is 38.2 Å². The third-order valence-electron chi connectivity index (χ3n) is 4.00. The molecule has 1 fully saturated rings. The molecule has 3 atom stereocenters. The SMILES string of the molecule is CC1CCCCC1OCC(O)CNCc1cnn(C)c1. The Hall–Kier alpha value is -0.910. The minimum absolute atomic E-state index is 0.330. The Balaban J connectivity index is 1.59. The number of aromatic nitrogens is 2. The Labute approximate surface area is 121 Å². The van der Waals surface area contributed by atoms with E-state index >= 15 is 0 Å². The largest absolute Gasteiger partial charge is 0.389 e. The van der Waals surface area contributed by atoms with Crippen molar-refractivity contribution in [3.8, 4) is 0 Å². The van der Waals surface area contributed by atoms with Crippen LogP contribution in [0.25, 0.3) is 0 Å². The van der Waals surface area contributed by atoms with Crippen molar-refractivity contribution in [2.24, 2.45) is 13.0 Å². The standard InChI is InChI=1S/C15H27N3O2/c1-12-5-3-4-6-15(12)20-11-14(19)9-16-7-13-8-17-18(2)10-13/h8,10,12,14-16,19H,3-7,9,11H2,1-2H3. The number of hydrogen-bond acceptors (Lipinski definition) is 4. The van der Waals surface area contributed by atoms with E-state index in [0.717, 1.165) is 18.5 Å². The van der Waals surface area contributed by atoms with Crippen molar-refractivity contribution in [2.75, 3.05) is 13.2 Å². The average Bonchev–Trinajstić information content (AvgIpc) is 2.83. The van der Waals surface area contributed by atoms with Gasteiger partial charge < -0.3 is 15.2 Å². The van der Waals surface area contributed by atoms with Gasteiger partial charge in [0.05, 0.1) is 25.0 Å². The maximum atomic E-state index is 9.94. The van der Waals surface area contributed by atoms with Gasteiger partial charge in [0.25, 0.3) is 0 Å². The Morgan fingerprint density at radius 3 is 3.00 bits per heavy atom. The van der Waals surface area contributed by atoms with Gasteiger partial charge in [-0.25, -0.2) is 0 Å². The molecular weight excluding hydrogens is 254 g/mol. The molecule has 1 aliphatic carbocycles. The first-order valence-electron chi connectivity index (χ1n) is 7.63. The molecule has 1 heterocycles. The van der Waals surface area contributed by atoms with Crippen molar-refractivity contribution in [3.63, 3.8) is 0 Å². The fourth-order valence-corrected chi connectivity index (χ4v) is 2.77. The predicted molar refractivity (Wildman–Crippen MR) is 78.3 cm³/mol. The molecule has 1 aliphatic rings. The maximum Gasteiger partial charge on any atom is 0.0897 e. The zero-order chi connectivity index (χ0) is 14.4. The molecule has 0 bridgehead atoms. The lowest BCUT2D eigenvalue weighted by Crippen LogP contribution is -2.34. The van der Waals surface area contributed by atoms with Gasteiger partial charge in [-0.2, -0.15) is 5.10 Å². The lowest BCUT2D eigenvalue weighted by molar-refractivity contribution is -0.0452. The van der Waals surface area contributed by atoms with Crippen LogP contribution >= 0.6 is 0 Å². The molecule has 5 nitrogen and oxygen atoms in total. The van der Waals surface area contributed by atoms with Gasteiger partial charge in [0, 0.05) is 31.9 Å². The quantitative estimate of drug-likeness (QED) is 0.794. The normalized spacial score (nSPS) is 24.8. The Bertz CT molecular complexity index is 394. The molecular formula is C15H27N3O2. The summed E-state index contributed by atoms with van der Waals surface area (Å²) in [5.41, 5.74) is 1.13. The summed E-state index contributed by atoms with van der Waals surface area (Å²) in [7, 11) is 1.90. The predicted octanol–water partition coefficient (Wildman–Crippen LogP) is 1.47. The van der Waals surface area contributed by atoms with Crippen LogP contribution in [0.2, 0.25) is 0 Å². The molecule has 0 aromatic carbocycles. The first kappa shape index (κ1) is 15.5. The van der Waals surface area contributed by atoms with E-state index in [1.54, 1.807) is 4.68 Å². The minimum atomic E-state index is -0.444. The van der Waals surface area contributed by atoms with E-state index in [2.05, 4.69) is 17.3 Å². The fourth-order valence-electron chi connectivity index (χ4n) is 2.77. The second kappa shape index (κ2) is 7.76. The van der Waals surface area contributed by atoms with Gasteiger partial charge >= 0.3 is 0 Å². The lowest BCUT2D eigenvalue weighted by Gasteiger charge is -2.29. The van der Waals surface area contributed by atoms with Gasteiger partial charge in [-0.1, -0.05) is 19.8 Å². The fraction of sp³-hybridized carbons (Fsp3) is 0.800. The number of rotatable bonds is 7. The first-order valence-corrected chi connectivity index (χ1v) is 7.63. The zero-order valence-electron chi connectivity index (χ0n) is 12.6. The number of aryl methyl sites for hydroxylation is 1. The third-order valence-corrected chi connectivity index (χ3v) is 4.00. The van der Waals surface area contributed by atoms with Crippen LogP contribution in [0.15, 0.2) is 12.4 Å². The summed E-state index contributed by atoms with van der Waals surface area (Å²) in [5.74, 6) is 0.624. The summed E-state index contributed by atoms with van der Waals surface area (Å²) in [6.07, 6.45) is 8.65. The van der Waals surface area contributed by atoms with E-state index in [0.29, 0.717) is 25.2 Å². The van der Waals surface area contributed by atoms with Crippen LogP contribution in [0.3, 0.4) is 0 Å². The highest BCUT2D eigenvalue weighted by Gasteiger charge is 2.22. The first-order chi connectivity index (χ1) is 9.65. The Morgan fingerprint density at radius 2 is 2.30 bits per heavy atom. The highest BCUT2D eigenvalue weighted by Crippen LogP contribution is 2.26. The van der Waals surface area contributed by atoms with Crippen LogP contribution in [0, 0.1) is 5.92 Å². The molecule has 0 spiro atoms. The number of nitrogens with zero attached hydrogens (tertiary/aromatic N) is 2. The molecule has 20 heavy (non-hydrogen) atoms. The van der Waals surface area contributed by atoms with Crippen molar-refractivity contribution in [3.05, 3.63) is 18.0 Å². The van der Waals surface area contributed by atoms with Crippen molar-refractivity contribution >= 4 is 0 Å². The number of nitrogens with one attached hydrogen (secondary N) is 1. The van der Waals surface area contributed by atoms with Crippen molar-refractivity contribution in [1.29, 1.82) is 0 Å². The molecule has 1 aromatic heterocycles. The number of aliphatic hydroxyl groups excluding tert-OH is 1. The smallest absolute Gasteiger partial charge is 0.0897 e. The summed E-state index contributed by atoms with van der Waals surface area (Å²) in [6, 6.07) is 0. The Kier molecular flexibility index (Phi) is 6.01. The molecule has 2 rings (SSSR count). The van der Waals surface area contributed by atoms with Crippen LogP contribution in [-0.2, 0) is 18.3 Å². The average molecular weight is 281 g/mol. The lowest BCUT2D eigenvalue weighted by atomic mass is 9.88. The minimum Gasteiger partial charge on any atom is -0.389 e. The molecule has 0 aliphatic heterocycles. The Morgan fingerprint density at radius 1 is 1.50 bits per heavy atom. The second-order valence-electron chi connectivity index (χ2n) is 5.94. The number of hydrogen-bond donors (Lipinski definition) is 2. The number of aliphatic hydroxyl groups is 1. The van der Waals surface area contributed by atoms with Crippen molar-refractivity contribution < 1.29 is 9.84 Å². The topological polar surface area (TPSA) is 59.3 Å².